The van der Waals surface area contributed by atoms with Crippen molar-refractivity contribution in [2.24, 2.45) is 5.41 Å². The second-order valence-corrected chi connectivity index (χ2v) is 11.1. The number of piperidine rings is 1. The lowest BCUT2D eigenvalue weighted by Gasteiger charge is -2.39. The van der Waals surface area contributed by atoms with Crippen LogP contribution in [0, 0.1) is 5.41 Å². The van der Waals surface area contributed by atoms with E-state index >= 15 is 0 Å². The van der Waals surface area contributed by atoms with Crippen LogP contribution in [0.3, 0.4) is 0 Å². The summed E-state index contributed by atoms with van der Waals surface area (Å²) in [6.45, 7) is 9.44. The van der Waals surface area contributed by atoms with Crippen LogP contribution < -0.4 is 10.2 Å². The van der Waals surface area contributed by atoms with Gasteiger partial charge in [0.15, 0.2) is 11.6 Å². The number of nitrogens with one attached hydrogen (secondary N) is 1. The Morgan fingerprint density at radius 1 is 1.19 bits per heavy atom. The van der Waals surface area contributed by atoms with Crippen LogP contribution in [0.15, 0.2) is 36.9 Å². The van der Waals surface area contributed by atoms with Gasteiger partial charge in [0.05, 0.1) is 11.7 Å². The third-order valence-corrected chi connectivity index (χ3v) is 7.42. The minimum Gasteiger partial charge on any atom is -0.355 e. The standard InChI is InChI=1S/C27H31ClN8/c1-4-36-15-20(28)25(34-36)32-22-12-18(8-10-30-22)24-31-21-14-29-13-19(17-6-7-17)23(21)26(33-24)35-11-5-9-27(2,3)16-35/h8,10,12-15,17H,4-7,9,11,16H2,1-3H3,(H,30,32,34). The van der Waals surface area contributed by atoms with Gasteiger partial charge >= 0.3 is 0 Å². The number of pyridine rings is 2. The van der Waals surface area contributed by atoms with E-state index in [0.717, 1.165) is 43.0 Å². The number of hydrogen-bond donors (Lipinski definition) is 1. The van der Waals surface area contributed by atoms with Crippen molar-refractivity contribution >= 4 is 40.0 Å². The Morgan fingerprint density at radius 2 is 2.06 bits per heavy atom. The molecule has 0 spiro atoms. The van der Waals surface area contributed by atoms with Gasteiger partial charge in [-0.1, -0.05) is 25.4 Å². The molecule has 186 valence electrons. The van der Waals surface area contributed by atoms with Gasteiger partial charge in [-0.3, -0.25) is 9.67 Å². The van der Waals surface area contributed by atoms with Crippen molar-refractivity contribution in [2.45, 2.75) is 58.9 Å². The van der Waals surface area contributed by atoms with Crippen molar-refractivity contribution in [2.75, 3.05) is 23.3 Å². The zero-order chi connectivity index (χ0) is 24.9. The molecule has 36 heavy (non-hydrogen) atoms. The van der Waals surface area contributed by atoms with Crippen LogP contribution in [-0.2, 0) is 6.54 Å². The molecule has 2 aliphatic rings. The van der Waals surface area contributed by atoms with E-state index in [-0.39, 0.29) is 5.41 Å². The van der Waals surface area contributed by atoms with Gasteiger partial charge in [0, 0.05) is 49.2 Å². The number of nitrogens with zero attached hydrogens (tertiary/aromatic N) is 7. The summed E-state index contributed by atoms with van der Waals surface area (Å²) in [5, 5.41) is 9.44. The van der Waals surface area contributed by atoms with Gasteiger partial charge in [0.25, 0.3) is 0 Å². The van der Waals surface area contributed by atoms with Crippen molar-refractivity contribution in [3.8, 4) is 11.4 Å². The molecule has 4 aromatic rings. The number of anilines is 3. The van der Waals surface area contributed by atoms with Crippen molar-refractivity contribution in [3.63, 3.8) is 0 Å². The molecule has 0 aromatic carbocycles. The van der Waals surface area contributed by atoms with E-state index in [1.807, 2.05) is 31.5 Å². The van der Waals surface area contributed by atoms with Gasteiger partial charge in [-0.2, -0.15) is 5.10 Å². The van der Waals surface area contributed by atoms with Gasteiger partial charge in [0.2, 0.25) is 0 Å². The summed E-state index contributed by atoms with van der Waals surface area (Å²) in [6.07, 6.45) is 12.3. The van der Waals surface area contributed by atoms with Crippen LogP contribution in [0.4, 0.5) is 17.5 Å². The Bertz CT molecular complexity index is 1420. The quantitative estimate of drug-likeness (QED) is 0.335. The van der Waals surface area contributed by atoms with Gasteiger partial charge in [-0.05, 0) is 61.6 Å². The Hall–Kier alpha value is -3.26. The number of rotatable bonds is 6. The molecule has 6 rings (SSSR count). The number of hydrogen-bond acceptors (Lipinski definition) is 7. The van der Waals surface area contributed by atoms with Gasteiger partial charge in [0.1, 0.15) is 16.7 Å². The van der Waals surface area contributed by atoms with Crippen LogP contribution in [0.5, 0.6) is 0 Å². The molecule has 0 atom stereocenters. The van der Waals surface area contributed by atoms with E-state index in [4.69, 9.17) is 21.6 Å². The molecule has 1 aliphatic carbocycles. The first kappa shape index (κ1) is 23.2. The van der Waals surface area contributed by atoms with E-state index < -0.39 is 0 Å². The lowest BCUT2D eigenvalue weighted by Crippen LogP contribution is -2.40. The molecule has 5 heterocycles. The molecule has 0 amide bonds. The van der Waals surface area contributed by atoms with Gasteiger partial charge in [-0.25, -0.2) is 15.0 Å². The average Bonchev–Trinajstić information content (AvgIpc) is 3.66. The summed E-state index contributed by atoms with van der Waals surface area (Å²) in [5.41, 5.74) is 3.32. The summed E-state index contributed by atoms with van der Waals surface area (Å²) in [5.74, 6) is 3.49. The second kappa shape index (κ2) is 9.00. The smallest absolute Gasteiger partial charge is 0.172 e. The van der Waals surface area contributed by atoms with E-state index in [9.17, 15) is 0 Å². The third-order valence-electron chi connectivity index (χ3n) is 7.14. The molecule has 0 unspecified atom stereocenters. The third kappa shape index (κ3) is 4.50. The first-order chi connectivity index (χ1) is 17.4. The van der Waals surface area contributed by atoms with Crippen molar-refractivity contribution in [3.05, 3.63) is 47.5 Å². The summed E-state index contributed by atoms with van der Waals surface area (Å²) in [6, 6.07) is 3.89. The highest BCUT2D eigenvalue weighted by Gasteiger charge is 2.32. The Kier molecular flexibility index (Phi) is 5.79. The fourth-order valence-corrected chi connectivity index (χ4v) is 5.36. The van der Waals surface area contributed by atoms with Crippen LogP contribution in [0.2, 0.25) is 5.02 Å². The van der Waals surface area contributed by atoms with Crippen molar-refractivity contribution < 1.29 is 0 Å². The highest BCUT2D eigenvalue weighted by Crippen LogP contribution is 2.45. The Morgan fingerprint density at radius 3 is 2.81 bits per heavy atom. The zero-order valence-electron chi connectivity index (χ0n) is 21.0. The first-order valence-corrected chi connectivity index (χ1v) is 13.1. The number of aromatic nitrogens is 6. The maximum absolute atomic E-state index is 6.36. The number of fused-ring (bicyclic) bond motifs is 1. The minimum absolute atomic E-state index is 0.247. The van der Waals surface area contributed by atoms with Gasteiger partial charge in [-0.15, -0.1) is 0 Å². The SMILES string of the molecule is CCn1cc(Cl)c(Nc2cc(-c3nc(N4CCCC(C)(C)C4)c4c(C5CC5)cncc4n3)ccn2)n1. The Labute approximate surface area is 216 Å². The fraction of sp³-hybridized carbons (Fsp3) is 0.444. The first-order valence-electron chi connectivity index (χ1n) is 12.8. The summed E-state index contributed by atoms with van der Waals surface area (Å²) < 4.78 is 1.79. The average molecular weight is 503 g/mol. The van der Waals surface area contributed by atoms with Crippen molar-refractivity contribution in [1.82, 2.24) is 29.7 Å². The van der Waals surface area contributed by atoms with E-state index in [1.54, 1.807) is 17.1 Å². The molecule has 9 heteroatoms. The molecule has 1 saturated carbocycles. The van der Waals surface area contributed by atoms with E-state index in [0.29, 0.717) is 28.4 Å². The number of halogens is 1. The van der Waals surface area contributed by atoms with Crippen LogP contribution in [0.25, 0.3) is 22.3 Å². The van der Waals surface area contributed by atoms with Crippen molar-refractivity contribution in [1.29, 1.82) is 0 Å². The van der Waals surface area contributed by atoms with Crippen LogP contribution in [-0.4, -0.2) is 42.8 Å². The Balaban J connectivity index is 1.43. The molecule has 0 radical (unpaired) electrons. The highest BCUT2D eigenvalue weighted by molar-refractivity contribution is 6.33. The van der Waals surface area contributed by atoms with Crippen LogP contribution in [0.1, 0.15) is 57.9 Å². The highest BCUT2D eigenvalue weighted by atomic mass is 35.5. The summed E-state index contributed by atoms with van der Waals surface area (Å²) in [7, 11) is 0. The minimum atomic E-state index is 0.247. The lowest BCUT2D eigenvalue weighted by atomic mass is 9.84. The maximum Gasteiger partial charge on any atom is 0.172 e. The maximum atomic E-state index is 6.36. The predicted octanol–water partition coefficient (Wildman–Crippen LogP) is 6.20. The lowest BCUT2D eigenvalue weighted by molar-refractivity contribution is 0.292. The van der Waals surface area contributed by atoms with Gasteiger partial charge < -0.3 is 10.2 Å². The molecule has 1 saturated heterocycles. The molecule has 1 aliphatic heterocycles. The molecule has 2 fully saturated rings. The molecule has 1 N–H and O–H groups in total. The number of aryl methyl sites for hydroxylation is 1. The zero-order valence-corrected chi connectivity index (χ0v) is 21.8. The summed E-state index contributed by atoms with van der Waals surface area (Å²) in [4.78, 5) is 21.7. The van der Waals surface area contributed by atoms with E-state index in [1.165, 1.54) is 30.2 Å². The van der Waals surface area contributed by atoms with E-state index in [2.05, 4.69) is 39.1 Å². The molecule has 0 bridgehead atoms. The topological polar surface area (TPSA) is 84.7 Å². The largest absolute Gasteiger partial charge is 0.355 e. The van der Waals surface area contributed by atoms with Crippen LogP contribution >= 0.6 is 11.6 Å². The normalized spacial score (nSPS) is 17.5. The summed E-state index contributed by atoms with van der Waals surface area (Å²) >= 11 is 6.36. The second-order valence-electron chi connectivity index (χ2n) is 10.7. The predicted molar refractivity (Wildman–Crippen MR) is 144 cm³/mol. The monoisotopic (exact) mass is 502 g/mol. The fourth-order valence-electron chi connectivity index (χ4n) is 5.16. The molecule has 8 nitrogen and oxygen atoms in total. The molecular weight excluding hydrogens is 472 g/mol. The molecular formula is C27H31ClN8. The molecule has 4 aromatic heterocycles.